The van der Waals surface area contributed by atoms with E-state index < -0.39 is 0 Å². The number of hydrogen-bond acceptors (Lipinski definition) is 3. The van der Waals surface area contributed by atoms with Gasteiger partial charge in [-0.15, -0.1) is 0 Å². The number of rotatable bonds is 7. The van der Waals surface area contributed by atoms with Crippen molar-refractivity contribution < 1.29 is 9.47 Å². The highest BCUT2D eigenvalue weighted by molar-refractivity contribution is 6.30. The van der Waals surface area contributed by atoms with Crippen LogP contribution in [0.15, 0.2) is 24.3 Å². The van der Waals surface area contributed by atoms with Crippen LogP contribution in [0.3, 0.4) is 0 Å². The predicted octanol–water partition coefficient (Wildman–Crippen LogP) is 2.47. The van der Waals surface area contributed by atoms with E-state index in [0.717, 1.165) is 18.8 Å². The van der Waals surface area contributed by atoms with E-state index in [1.165, 1.54) is 0 Å². The molecule has 4 heteroatoms. The SMILES string of the molecule is CCCOCC(N)COc1ccc(Cl)cc1. The van der Waals surface area contributed by atoms with Gasteiger partial charge < -0.3 is 15.2 Å². The number of nitrogens with two attached hydrogens (primary N) is 1. The first-order valence-corrected chi connectivity index (χ1v) is 5.82. The second-order valence-electron chi connectivity index (χ2n) is 3.60. The summed E-state index contributed by atoms with van der Waals surface area (Å²) in [7, 11) is 0. The third kappa shape index (κ3) is 5.35. The van der Waals surface area contributed by atoms with Crippen LogP contribution in [0.1, 0.15) is 13.3 Å². The van der Waals surface area contributed by atoms with Gasteiger partial charge in [-0.25, -0.2) is 0 Å². The molecule has 0 bridgehead atoms. The van der Waals surface area contributed by atoms with Gasteiger partial charge >= 0.3 is 0 Å². The monoisotopic (exact) mass is 243 g/mol. The molecule has 16 heavy (non-hydrogen) atoms. The van der Waals surface area contributed by atoms with Crippen molar-refractivity contribution in [3.05, 3.63) is 29.3 Å². The first-order valence-electron chi connectivity index (χ1n) is 5.44. The third-order valence-electron chi connectivity index (χ3n) is 1.96. The minimum atomic E-state index is -0.0952. The molecule has 1 aromatic rings. The van der Waals surface area contributed by atoms with Crippen molar-refractivity contribution in [2.45, 2.75) is 19.4 Å². The standard InChI is InChI=1S/C12H18ClNO2/c1-2-7-15-8-11(14)9-16-12-5-3-10(13)4-6-12/h3-6,11H,2,7-9,14H2,1H3. The maximum absolute atomic E-state index is 5.82. The molecule has 1 unspecified atom stereocenters. The Kier molecular flexibility index (Phi) is 6.23. The van der Waals surface area contributed by atoms with Crippen molar-refractivity contribution in [3.8, 4) is 5.75 Å². The highest BCUT2D eigenvalue weighted by Gasteiger charge is 2.03. The van der Waals surface area contributed by atoms with Crippen LogP contribution in [0.25, 0.3) is 0 Å². The van der Waals surface area contributed by atoms with E-state index in [1.807, 2.05) is 12.1 Å². The molecule has 0 aliphatic heterocycles. The molecule has 0 spiro atoms. The summed E-state index contributed by atoms with van der Waals surface area (Å²) < 4.78 is 10.8. The molecular weight excluding hydrogens is 226 g/mol. The molecule has 0 aromatic heterocycles. The quantitative estimate of drug-likeness (QED) is 0.749. The average molecular weight is 244 g/mol. The second-order valence-corrected chi connectivity index (χ2v) is 4.04. The van der Waals surface area contributed by atoms with Crippen LogP contribution in [-0.4, -0.2) is 25.9 Å². The van der Waals surface area contributed by atoms with Crippen LogP contribution < -0.4 is 10.5 Å². The summed E-state index contributed by atoms with van der Waals surface area (Å²) in [5.41, 5.74) is 5.82. The van der Waals surface area contributed by atoms with Crippen molar-refractivity contribution in [1.29, 1.82) is 0 Å². The maximum atomic E-state index is 5.82. The zero-order valence-corrected chi connectivity index (χ0v) is 10.2. The van der Waals surface area contributed by atoms with E-state index in [2.05, 4.69) is 6.92 Å². The maximum Gasteiger partial charge on any atom is 0.119 e. The Morgan fingerprint density at radius 1 is 1.25 bits per heavy atom. The molecule has 1 atom stereocenters. The minimum Gasteiger partial charge on any atom is -0.492 e. The Morgan fingerprint density at radius 2 is 1.94 bits per heavy atom. The van der Waals surface area contributed by atoms with E-state index in [9.17, 15) is 0 Å². The Hall–Kier alpha value is -0.770. The highest BCUT2D eigenvalue weighted by atomic mass is 35.5. The Labute approximate surface area is 101 Å². The Balaban J connectivity index is 2.20. The van der Waals surface area contributed by atoms with Crippen LogP contribution in [0.4, 0.5) is 0 Å². The number of ether oxygens (including phenoxy) is 2. The van der Waals surface area contributed by atoms with Crippen molar-refractivity contribution in [1.82, 2.24) is 0 Å². The van der Waals surface area contributed by atoms with Gasteiger partial charge in [-0.3, -0.25) is 0 Å². The van der Waals surface area contributed by atoms with Gasteiger partial charge in [-0.1, -0.05) is 18.5 Å². The zero-order chi connectivity index (χ0) is 11.8. The molecule has 0 fully saturated rings. The molecule has 90 valence electrons. The lowest BCUT2D eigenvalue weighted by atomic mass is 10.3. The van der Waals surface area contributed by atoms with Crippen molar-refractivity contribution >= 4 is 11.6 Å². The molecule has 0 saturated carbocycles. The van der Waals surface area contributed by atoms with Gasteiger partial charge in [0, 0.05) is 11.6 Å². The molecule has 1 aromatic carbocycles. The van der Waals surface area contributed by atoms with Crippen LogP contribution >= 0.6 is 11.6 Å². The van der Waals surface area contributed by atoms with Crippen molar-refractivity contribution in [2.75, 3.05) is 19.8 Å². The topological polar surface area (TPSA) is 44.5 Å². The smallest absolute Gasteiger partial charge is 0.119 e. The van der Waals surface area contributed by atoms with E-state index >= 15 is 0 Å². The zero-order valence-electron chi connectivity index (χ0n) is 9.49. The van der Waals surface area contributed by atoms with Gasteiger partial charge in [-0.05, 0) is 30.7 Å². The van der Waals surface area contributed by atoms with E-state index in [-0.39, 0.29) is 6.04 Å². The molecule has 0 aliphatic carbocycles. The average Bonchev–Trinajstić information content (AvgIpc) is 2.29. The van der Waals surface area contributed by atoms with Crippen LogP contribution in [0, 0.1) is 0 Å². The Bertz CT molecular complexity index is 290. The highest BCUT2D eigenvalue weighted by Crippen LogP contribution is 2.15. The first-order chi connectivity index (χ1) is 7.72. The number of hydrogen-bond donors (Lipinski definition) is 1. The van der Waals surface area contributed by atoms with Crippen LogP contribution in [-0.2, 0) is 4.74 Å². The number of benzene rings is 1. The summed E-state index contributed by atoms with van der Waals surface area (Å²) in [6.07, 6.45) is 1.00. The van der Waals surface area contributed by atoms with Crippen molar-refractivity contribution in [2.24, 2.45) is 5.73 Å². The molecule has 2 N–H and O–H groups in total. The molecule has 1 rings (SSSR count). The molecule has 0 amide bonds. The first kappa shape index (κ1) is 13.3. The largest absolute Gasteiger partial charge is 0.492 e. The van der Waals surface area contributed by atoms with E-state index in [0.29, 0.717) is 18.2 Å². The fourth-order valence-electron chi connectivity index (χ4n) is 1.16. The van der Waals surface area contributed by atoms with Crippen molar-refractivity contribution in [3.63, 3.8) is 0 Å². The van der Waals surface area contributed by atoms with E-state index in [1.54, 1.807) is 12.1 Å². The summed E-state index contributed by atoms with van der Waals surface area (Å²) in [6, 6.07) is 7.12. The summed E-state index contributed by atoms with van der Waals surface area (Å²) in [5, 5.41) is 0.697. The summed E-state index contributed by atoms with van der Waals surface area (Å²) in [5.74, 6) is 0.773. The summed E-state index contributed by atoms with van der Waals surface area (Å²) in [6.45, 7) is 3.79. The van der Waals surface area contributed by atoms with Gasteiger partial charge in [0.15, 0.2) is 0 Å². The van der Waals surface area contributed by atoms with Crippen LogP contribution in [0.2, 0.25) is 5.02 Å². The molecule has 0 aliphatic rings. The minimum absolute atomic E-state index is 0.0952. The lowest BCUT2D eigenvalue weighted by Gasteiger charge is -2.13. The number of halogens is 1. The predicted molar refractivity (Wildman–Crippen MR) is 66.0 cm³/mol. The van der Waals surface area contributed by atoms with Gasteiger partial charge in [-0.2, -0.15) is 0 Å². The van der Waals surface area contributed by atoms with Crippen LogP contribution in [0.5, 0.6) is 5.75 Å². The summed E-state index contributed by atoms with van der Waals surface area (Å²) in [4.78, 5) is 0. The van der Waals surface area contributed by atoms with Gasteiger partial charge in [0.1, 0.15) is 12.4 Å². The van der Waals surface area contributed by atoms with E-state index in [4.69, 9.17) is 26.8 Å². The molecule has 0 heterocycles. The van der Waals surface area contributed by atoms with Gasteiger partial charge in [0.25, 0.3) is 0 Å². The lowest BCUT2D eigenvalue weighted by Crippen LogP contribution is -2.32. The lowest BCUT2D eigenvalue weighted by molar-refractivity contribution is 0.106. The normalized spacial score (nSPS) is 12.4. The molecule has 0 saturated heterocycles. The second kappa shape index (κ2) is 7.49. The van der Waals surface area contributed by atoms with Gasteiger partial charge in [0.05, 0.1) is 12.6 Å². The fourth-order valence-corrected chi connectivity index (χ4v) is 1.29. The van der Waals surface area contributed by atoms with Gasteiger partial charge in [0.2, 0.25) is 0 Å². The fraction of sp³-hybridized carbons (Fsp3) is 0.500. The molecule has 3 nitrogen and oxygen atoms in total. The molecule has 0 radical (unpaired) electrons. The Morgan fingerprint density at radius 3 is 2.56 bits per heavy atom. The third-order valence-corrected chi connectivity index (χ3v) is 2.21. The molecular formula is C12H18ClNO2. The summed E-state index contributed by atoms with van der Waals surface area (Å²) >= 11 is 5.76.